The van der Waals surface area contributed by atoms with Crippen molar-refractivity contribution in [3.8, 4) is 5.75 Å². The van der Waals surface area contributed by atoms with E-state index in [1.807, 2.05) is 0 Å². The summed E-state index contributed by atoms with van der Waals surface area (Å²) in [4.78, 5) is 10.5. The number of carbonyl (C=O) groups is 1. The molecule has 0 atom stereocenters. The summed E-state index contributed by atoms with van der Waals surface area (Å²) in [5, 5.41) is 9.53. The van der Waals surface area contributed by atoms with Crippen LogP contribution in [0.1, 0.15) is 5.56 Å². The van der Waals surface area contributed by atoms with E-state index in [1.165, 1.54) is 24.3 Å². The maximum Gasteiger partial charge on any atom is 0.341 e. The Bertz CT molecular complexity index is 571. The second kappa shape index (κ2) is 3.64. The van der Waals surface area contributed by atoms with E-state index >= 15 is 0 Å². The second-order valence-corrected chi connectivity index (χ2v) is 5.03. The van der Waals surface area contributed by atoms with E-state index < -0.39 is 22.4 Å². The number of fused-ring (bicyclic) bond motifs is 1. The van der Waals surface area contributed by atoms with Crippen molar-refractivity contribution in [3.05, 3.63) is 29.2 Å². The molecule has 0 radical (unpaired) electrons. The van der Waals surface area contributed by atoms with Crippen LogP contribution in [0.4, 0.5) is 0 Å². The Morgan fingerprint density at radius 3 is 2.81 bits per heavy atom. The fourth-order valence-corrected chi connectivity index (χ4v) is 2.57. The lowest BCUT2D eigenvalue weighted by molar-refractivity contribution is -0.139. The fraction of sp³-hybridized carbons (Fsp3) is 0.100. The van der Waals surface area contributed by atoms with Gasteiger partial charge in [0.2, 0.25) is 0 Å². The van der Waals surface area contributed by atoms with E-state index in [9.17, 15) is 13.2 Å². The van der Waals surface area contributed by atoms with E-state index in [2.05, 4.69) is 0 Å². The van der Waals surface area contributed by atoms with Crippen LogP contribution in [0.2, 0.25) is 0 Å². The minimum atomic E-state index is -3.31. The van der Waals surface area contributed by atoms with Gasteiger partial charge in [0, 0.05) is 5.41 Å². The van der Waals surface area contributed by atoms with E-state index in [4.69, 9.17) is 9.84 Å². The molecule has 1 aliphatic rings. The van der Waals surface area contributed by atoms with Gasteiger partial charge in [-0.15, -0.1) is 0 Å². The van der Waals surface area contributed by atoms with E-state index in [0.717, 1.165) is 5.41 Å². The zero-order valence-electron chi connectivity index (χ0n) is 8.08. The van der Waals surface area contributed by atoms with Crippen LogP contribution in [-0.4, -0.2) is 26.1 Å². The van der Waals surface area contributed by atoms with Crippen LogP contribution in [0.3, 0.4) is 0 Å². The number of hydrogen-bond acceptors (Lipinski definition) is 4. The molecule has 0 aliphatic carbocycles. The number of benzene rings is 1. The van der Waals surface area contributed by atoms with Gasteiger partial charge in [-0.2, -0.15) is 0 Å². The van der Waals surface area contributed by atoms with Gasteiger partial charge in [0.1, 0.15) is 5.75 Å². The van der Waals surface area contributed by atoms with Crippen LogP contribution in [0.15, 0.2) is 28.5 Å². The zero-order valence-corrected chi connectivity index (χ0v) is 8.90. The van der Waals surface area contributed by atoms with Crippen molar-refractivity contribution >= 4 is 21.9 Å². The van der Waals surface area contributed by atoms with Gasteiger partial charge in [0.05, 0.1) is 4.90 Å². The minimum absolute atomic E-state index is 0.218. The highest BCUT2D eigenvalue weighted by atomic mass is 32.2. The van der Waals surface area contributed by atoms with Gasteiger partial charge in [-0.05, 0) is 29.8 Å². The predicted molar refractivity (Wildman–Crippen MR) is 55.8 cm³/mol. The molecule has 0 fully saturated rings. The highest BCUT2D eigenvalue weighted by Gasteiger charge is 2.20. The molecule has 84 valence electrons. The Labute approximate surface area is 91.9 Å². The highest BCUT2D eigenvalue weighted by molar-refractivity contribution is 7.94. The molecule has 0 spiro atoms. The van der Waals surface area contributed by atoms with Gasteiger partial charge in [-0.25, -0.2) is 13.2 Å². The summed E-state index contributed by atoms with van der Waals surface area (Å²) in [6.45, 7) is -0.449. The van der Waals surface area contributed by atoms with E-state index in [-0.39, 0.29) is 4.90 Å². The van der Waals surface area contributed by atoms with Crippen molar-refractivity contribution in [1.29, 1.82) is 0 Å². The molecule has 0 bridgehead atoms. The van der Waals surface area contributed by atoms with Crippen molar-refractivity contribution < 1.29 is 23.1 Å². The third-order valence-electron chi connectivity index (χ3n) is 2.08. The molecule has 1 aliphatic heterocycles. The van der Waals surface area contributed by atoms with Gasteiger partial charge < -0.3 is 9.84 Å². The lowest BCUT2D eigenvalue weighted by Gasteiger charge is -2.04. The van der Waals surface area contributed by atoms with E-state index in [1.54, 1.807) is 0 Å². The monoisotopic (exact) mass is 240 g/mol. The molecule has 6 heteroatoms. The Morgan fingerprint density at radius 2 is 2.12 bits per heavy atom. The molecular weight excluding hydrogens is 232 g/mol. The summed E-state index contributed by atoms with van der Waals surface area (Å²) in [7, 11) is -3.31. The summed E-state index contributed by atoms with van der Waals surface area (Å²) in [5.74, 6) is -0.744. The first kappa shape index (κ1) is 10.7. The Morgan fingerprint density at radius 1 is 1.38 bits per heavy atom. The molecule has 16 heavy (non-hydrogen) atoms. The summed E-state index contributed by atoms with van der Waals surface area (Å²) in [6, 6.07) is 4.34. The predicted octanol–water partition coefficient (Wildman–Crippen LogP) is 0.908. The molecule has 0 saturated carbocycles. The molecule has 2 rings (SSSR count). The zero-order chi connectivity index (χ0) is 11.8. The van der Waals surface area contributed by atoms with Crippen molar-refractivity contribution in [2.24, 2.45) is 0 Å². The quantitative estimate of drug-likeness (QED) is 0.849. The average Bonchev–Trinajstić information content (AvgIpc) is 2.52. The van der Waals surface area contributed by atoms with Gasteiger partial charge >= 0.3 is 5.97 Å². The first-order valence-corrected chi connectivity index (χ1v) is 5.95. The average molecular weight is 240 g/mol. The largest absolute Gasteiger partial charge is 0.482 e. The van der Waals surface area contributed by atoms with Crippen LogP contribution in [0.5, 0.6) is 5.75 Å². The van der Waals surface area contributed by atoms with Crippen molar-refractivity contribution in [3.63, 3.8) is 0 Å². The number of carboxylic acid groups (broad SMARTS) is 1. The molecule has 0 amide bonds. The van der Waals surface area contributed by atoms with Crippen molar-refractivity contribution in [2.45, 2.75) is 4.90 Å². The van der Waals surface area contributed by atoms with Crippen molar-refractivity contribution in [1.82, 2.24) is 0 Å². The lowest BCUT2D eigenvalue weighted by Crippen LogP contribution is -2.09. The van der Waals surface area contributed by atoms with Crippen LogP contribution in [-0.2, 0) is 14.6 Å². The number of sulfone groups is 1. The summed E-state index contributed by atoms with van der Waals surface area (Å²) in [5.41, 5.74) is 0.517. The number of aliphatic carboxylic acids is 1. The maximum atomic E-state index is 11.4. The normalized spacial score (nSPS) is 15.8. The second-order valence-electron chi connectivity index (χ2n) is 3.23. The summed E-state index contributed by atoms with van der Waals surface area (Å²) < 4.78 is 27.7. The Balaban J connectivity index is 2.29. The maximum absolute atomic E-state index is 11.4. The molecular formula is C10H8O5S. The van der Waals surface area contributed by atoms with Gasteiger partial charge in [-0.3, -0.25) is 0 Å². The SMILES string of the molecule is O=C(O)COc1ccc2c(c1)C=CS2(=O)=O. The van der Waals surface area contributed by atoms with Gasteiger partial charge in [0.15, 0.2) is 16.4 Å². The molecule has 0 saturated heterocycles. The molecule has 1 aromatic carbocycles. The molecule has 5 nitrogen and oxygen atoms in total. The third kappa shape index (κ3) is 1.92. The van der Waals surface area contributed by atoms with Crippen LogP contribution >= 0.6 is 0 Å². The number of hydrogen-bond donors (Lipinski definition) is 1. The first-order valence-electron chi connectivity index (χ1n) is 4.41. The number of rotatable bonds is 3. The van der Waals surface area contributed by atoms with Crippen LogP contribution < -0.4 is 4.74 Å². The number of carboxylic acids is 1. The third-order valence-corrected chi connectivity index (χ3v) is 3.56. The molecule has 0 unspecified atom stereocenters. The fourth-order valence-electron chi connectivity index (χ4n) is 1.39. The molecule has 1 heterocycles. The lowest BCUT2D eigenvalue weighted by atomic mass is 10.2. The van der Waals surface area contributed by atoms with Crippen molar-refractivity contribution in [2.75, 3.05) is 6.61 Å². The van der Waals surface area contributed by atoms with Crippen LogP contribution in [0, 0.1) is 0 Å². The standard InChI is InChI=1S/C10H8O5S/c11-10(12)6-15-8-1-2-9-7(5-8)3-4-16(9,13)14/h1-5H,6H2,(H,11,12). The highest BCUT2D eigenvalue weighted by Crippen LogP contribution is 2.29. The van der Waals surface area contributed by atoms with Gasteiger partial charge in [0.25, 0.3) is 0 Å². The van der Waals surface area contributed by atoms with Crippen LogP contribution in [0.25, 0.3) is 6.08 Å². The topological polar surface area (TPSA) is 80.7 Å². The van der Waals surface area contributed by atoms with Gasteiger partial charge in [-0.1, -0.05) is 0 Å². The Kier molecular flexibility index (Phi) is 2.43. The number of ether oxygens (including phenoxy) is 1. The van der Waals surface area contributed by atoms with E-state index in [0.29, 0.717) is 11.3 Å². The smallest absolute Gasteiger partial charge is 0.341 e. The molecule has 1 aromatic rings. The first-order chi connectivity index (χ1) is 7.49. The molecule has 1 N–H and O–H groups in total. The Hall–Kier alpha value is -1.82. The summed E-state index contributed by atoms with van der Waals surface area (Å²) >= 11 is 0. The molecule has 0 aromatic heterocycles. The minimum Gasteiger partial charge on any atom is -0.482 e. The summed E-state index contributed by atoms with van der Waals surface area (Å²) in [6.07, 6.45) is 1.46.